The topological polar surface area (TPSA) is 52.9 Å². The van der Waals surface area contributed by atoms with Gasteiger partial charge < -0.3 is 5.32 Å². The molecule has 1 amide bonds. The summed E-state index contributed by atoms with van der Waals surface area (Å²) < 4.78 is 13.1. The molecular weight excluding hydrogens is 243 g/mol. The summed E-state index contributed by atoms with van der Waals surface area (Å²) in [6.45, 7) is 0. The molecule has 0 saturated heterocycles. The molecule has 2 rings (SSSR count). The molecule has 0 bridgehead atoms. The minimum atomic E-state index is -0.562. The van der Waals surface area contributed by atoms with E-state index in [1.807, 2.05) is 0 Å². The Bertz CT molecular complexity index is 501. The van der Waals surface area contributed by atoms with E-state index in [2.05, 4.69) is 5.32 Å². The van der Waals surface area contributed by atoms with Gasteiger partial charge in [0.25, 0.3) is 0 Å². The van der Waals surface area contributed by atoms with Crippen LogP contribution in [0.2, 0.25) is 0 Å². The van der Waals surface area contributed by atoms with Crippen LogP contribution in [0.3, 0.4) is 0 Å². The first-order valence-corrected chi connectivity index (χ1v) is 6.68. The van der Waals surface area contributed by atoms with Gasteiger partial charge in [0.2, 0.25) is 5.91 Å². The summed E-state index contributed by atoms with van der Waals surface area (Å²) in [5, 5.41) is 11.5. The van der Waals surface area contributed by atoms with Gasteiger partial charge >= 0.3 is 0 Å². The quantitative estimate of drug-likeness (QED) is 0.902. The van der Waals surface area contributed by atoms with Crippen molar-refractivity contribution in [3.8, 4) is 6.07 Å². The largest absolute Gasteiger partial charge is 0.326 e. The summed E-state index contributed by atoms with van der Waals surface area (Å²) in [5.41, 5.74) is 0.439. The Morgan fingerprint density at radius 2 is 2.11 bits per heavy atom. The fourth-order valence-electron chi connectivity index (χ4n) is 2.55. The van der Waals surface area contributed by atoms with Crippen molar-refractivity contribution in [1.29, 1.82) is 5.26 Å². The molecule has 1 aliphatic rings. The highest BCUT2D eigenvalue weighted by Gasteiger charge is 2.17. The number of hydrogen-bond acceptors (Lipinski definition) is 2. The van der Waals surface area contributed by atoms with E-state index in [0.29, 0.717) is 18.0 Å². The van der Waals surface area contributed by atoms with Gasteiger partial charge in [0, 0.05) is 12.1 Å². The molecule has 0 atom stereocenters. The number of hydrogen-bond donors (Lipinski definition) is 1. The molecule has 0 aromatic heterocycles. The first-order chi connectivity index (χ1) is 9.19. The highest BCUT2D eigenvalue weighted by molar-refractivity contribution is 5.91. The predicted octanol–water partition coefficient (Wildman–Crippen LogP) is 3.61. The maximum atomic E-state index is 13.1. The molecule has 0 aliphatic heterocycles. The van der Waals surface area contributed by atoms with Crippen LogP contribution in [-0.2, 0) is 4.79 Å². The minimum absolute atomic E-state index is 0.0459. The number of carbonyl (C=O) groups excluding carboxylic acids is 1. The molecule has 0 spiro atoms. The molecule has 1 aliphatic carbocycles. The Hall–Kier alpha value is -1.89. The SMILES string of the molecule is N#Cc1cc(NC(=O)CC2CCCCC2)ccc1F. The van der Waals surface area contributed by atoms with E-state index >= 15 is 0 Å². The van der Waals surface area contributed by atoms with Gasteiger partial charge in [-0.25, -0.2) is 4.39 Å². The third-order valence-electron chi connectivity index (χ3n) is 3.57. The minimum Gasteiger partial charge on any atom is -0.326 e. The molecular formula is C15H17FN2O. The van der Waals surface area contributed by atoms with E-state index in [-0.39, 0.29) is 11.5 Å². The Balaban J connectivity index is 1.93. The maximum Gasteiger partial charge on any atom is 0.224 e. The summed E-state index contributed by atoms with van der Waals surface area (Å²) in [7, 11) is 0. The zero-order chi connectivity index (χ0) is 13.7. The second-order valence-electron chi connectivity index (χ2n) is 5.06. The molecule has 1 fully saturated rings. The number of nitrogens with zero attached hydrogens (tertiary/aromatic N) is 1. The summed E-state index contributed by atoms with van der Waals surface area (Å²) in [5.74, 6) is -0.153. The van der Waals surface area contributed by atoms with Gasteiger partial charge in [-0.15, -0.1) is 0 Å². The summed E-state index contributed by atoms with van der Waals surface area (Å²) in [6, 6.07) is 5.82. The van der Waals surface area contributed by atoms with E-state index in [4.69, 9.17) is 5.26 Å². The number of amides is 1. The number of nitrogens with one attached hydrogen (secondary N) is 1. The van der Waals surface area contributed by atoms with Gasteiger partial charge in [0.05, 0.1) is 5.56 Å². The van der Waals surface area contributed by atoms with Gasteiger partial charge in [-0.2, -0.15) is 5.26 Å². The highest BCUT2D eigenvalue weighted by atomic mass is 19.1. The number of rotatable bonds is 3. The number of halogens is 1. The van der Waals surface area contributed by atoms with E-state index in [1.54, 1.807) is 6.07 Å². The molecule has 1 N–H and O–H groups in total. The van der Waals surface area contributed by atoms with Crippen LogP contribution in [0, 0.1) is 23.1 Å². The van der Waals surface area contributed by atoms with E-state index < -0.39 is 5.82 Å². The van der Waals surface area contributed by atoms with Crippen LogP contribution < -0.4 is 5.32 Å². The lowest BCUT2D eigenvalue weighted by Gasteiger charge is -2.20. The van der Waals surface area contributed by atoms with Crippen molar-refractivity contribution >= 4 is 11.6 Å². The molecule has 19 heavy (non-hydrogen) atoms. The number of benzene rings is 1. The van der Waals surface area contributed by atoms with Crippen molar-refractivity contribution < 1.29 is 9.18 Å². The Morgan fingerprint density at radius 3 is 2.79 bits per heavy atom. The van der Waals surface area contributed by atoms with Crippen LogP contribution in [-0.4, -0.2) is 5.91 Å². The lowest BCUT2D eigenvalue weighted by Crippen LogP contribution is -2.18. The van der Waals surface area contributed by atoms with E-state index in [9.17, 15) is 9.18 Å². The molecule has 0 radical (unpaired) electrons. The van der Waals surface area contributed by atoms with Gasteiger partial charge in [-0.3, -0.25) is 4.79 Å². The summed E-state index contributed by atoms with van der Waals surface area (Å²) in [6.07, 6.45) is 6.40. The fourth-order valence-corrected chi connectivity index (χ4v) is 2.55. The predicted molar refractivity (Wildman–Crippen MR) is 70.9 cm³/mol. The molecule has 4 heteroatoms. The second-order valence-corrected chi connectivity index (χ2v) is 5.06. The Morgan fingerprint density at radius 1 is 1.37 bits per heavy atom. The van der Waals surface area contributed by atoms with Crippen molar-refractivity contribution in [1.82, 2.24) is 0 Å². The van der Waals surface area contributed by atoms with Crippen LogP contribution in [0.5, 0.6) is 0 Å². The van der Waals surface area contributed by atoms with Crippen molar-refractivity contribution in [3.63, 3.8) is 0 Å². The zero-order valence-electron chi connectivity index (χ0n) is 10.8. The Labute approximate surface area is 112 Å². The van der Waals surface area contributed by atoms with Gasteiger partial charge in [0.15, 0.2) is 0 Å². The van der Waals surface area contributed by atoms with Crippen LogP contribution in [0.1, 0.15) is 44.1 Å². The normalized spacial score (nSPS) is 15.8. The zero-order valence-corrected chi connectivity index (χ0v) is 10.8. The van der Waals surface area contributed by atoms with E-state index in [1.165, 1.54) is 37.5 Å². The second kappa shape index (κ2) is 6.33. The maximum absolute atomic E-state index is 13.1. The molecule has 100 valence electrons. The first-order valence-electron chi connectivity index (χ1n) is 6.68. The summed E-state index contributed by atoms with van der Waals surface area (Å²) >= 11 is 0. The first kappa shape index (κ1) is 13.5. The third kappa shape index (κ3) is 3.78. The number of anilines is 1. The van der Waals surface area contributed by atoms with Crippen molar-refractivity contribution in [2.75, 3.05) is 5.32 Å². The van der Waals surface area contributed by atoms with Gasteiger partial charge in [0.1, 0.15) is 11.9 Å². The molecule has 1 saturated carbocycles. The van der Waals surface area contributed by atoms with E-state index in [0.717, 1.165) is 12.8 Å². The fraction of sp³-hybridized carbons (Fsp3) is 0.467. The molecule has 0 heterocycles. The molecule has 0 unspecified atom stereocenters. The van der Waals surface area contributed by atoms with Gasteiger partial charge in [-0.1, -0.05) is 19.3 Å². The average Bonchev–Trinajstić information content (AvgIpc) is 2.42. The number of carbonyl (C=O) groups is 1. The van der Waals surface area contributed by atoms with Crippen LogP contribution in [0.15, 0.2) is 18.2 Å². The lowest BCUT2D eigenvalue weighted by molar-refractivity contribution is -0.117. The lowest BCUT2D eigenvalue weighted by atomic mass is 9.87. The van der Waals surface area contributed by atoms with Crippen LogP contribution in [0.25, 0.3) is 0 Å². The van der Waals surface area contributed by atoms with Crippen molar-refractivity contribution in [2.45, 2.75) is 38.5 Å². The average molecular weight is 260 g/mol. The molecule has 1 aromatic rings. The van der Waals surface area contributed by atoms with Crippen molar-refractivity contribution in [2.24, 2.45) is 5.92 Å². The van der Waals surface area contributed by atoms with Crippen molar-refractivity contribution in [3.05, 3.63) is 29.6 Å². The number of nitriles is 1. The van der Waals surface area contributed by atoms with Gasteiger partial charge in [-0.05, 0) is 37.0 Å². The van der Waals surface area contributed by atoms with Crippen LogP contribution in [0.4, 0.5) is 10.1 Å². The van der Waals surface area contributed by atoms with Crippen LogP contribution >= 0.6 is 0 Å². The highest BCUT2D eigenvalue weighted by Crippen LogP contribution is 2.26. The summed E-state index contributed by atoms with van der Waals surface area (Å²) in [4.78, 5) is 11.9. The standard InChI is InChI=1S/C15H17FN2O/c16-14-7-6-13(9-12(14)10-17)18-15(19)8-11-4-2-1-3-5-11/h6-7,9,11H,1-5,8H2,(H,18,19). The monoisotopic (exact) mass is 260 g/mol. The third-order valence-corrected chi connectivity index (χ3v) is 3.57. The Kier molecular flexibility index (Phi) is 4.51. The smallest absolute Gasteiger partial charge is 0.224 e. The molecule has 1 aromatic carbocycles. The molecule has 3 nitrogen and oxygen atoms in total.